The van der Waals surface area contributed by atoms with Gasteiger partial charge >= 0.3 is 5.97 Å². The van der Waals surface area contributed by atoms with Crippen molar-refractivity contribution >= 4 is 5.97 Å². The van der Waals surface area contributed by atoms with Gasteiger partial charge in [-0.3, -0.25) is 4.79 Å². The lowest BCUT2D eigenvalue weighted by Crippen LogP contribution is -2.68. The Balaban J connectivity index is 0.00000320. The third-order valence-electron chi connectivity index (χ3n) is 14.4. The van der Waals surface area contributed by atoms with Crippen LogP contribution in [0.1, 0.15) is 112 Å². The molecule has 0 unspecified atom stereocenters. The maximum atomic E-state index is 12.8. The molecule has 0 aliphatic heterocycles. The number of rotatable bonds is 4. The first kappa shape index (κ1) is 28.9. The number of carboxylic acids is 1. The fraction of sp³-hybridized carbons (Fsp3) is 0.848. The standard InChI is InChI=1S/C33H52O3.H2O/c1-9-14-33(36)20-17-29(6)24(28(33,4)5)13-15-31(8)25(29)11-10-23-26-22(21(2)3)12-16-32(26,27(34)35)19-18-30(23,31)7;/h9,22-26,36H,1-2,10-20H2,3-8H3,(H,34,35);1H2/t22-,23+,24-,25+,26+,29-,30+,31+,32-,33-;/m0./s1. The fourth-order valence-corrected chi connectivity index (χ4v) is 12.1. The first-order chi connectivity index (χ1) is 16.6. The summed E-state index contributed by atoms with van der Waals surface area (Å²) in [4.78, 5) is 12.8. The van der Waals surface area contributed by atoms with Crippen LogP contribution >= 0.6 is 0 Å². The van der Waals surface area contributed by atoms with Gasteiger partial charge in [0.2, 0.25) is 0 Å². The predicted octanol–water partition coefficient (Wildman–Crippen LogP) is 7.21. The van der Waals surface area contributed by atoms with Gasteiger partial charge in [0, 0.05) is 0 Å². The Morgan fingerprint density at radius 3 is 2.16 bits per heavy atom. The van der Waals surface area contributed by atoms with Crippen LogP contribution < -0.4 is 0 Å². The Bertz CT molecular complexity index is 969. The molecule has 4 heteroatoms. The van der Waals surface area contributed by atoms with Crippen LogP contribution in [-0.2, 0) is 4.79 Å². The summed E-state index contributed by atoms with van der Waals surface area (Å²) in [5.74, 6) is 1.62. The summed E-state index contributed by atoms with van der Waals surface area (Å²) in [6.45, 7) is 22.9. The van der Waals surface area contributed by atoms with Crippen molar-refractivity contribution in [2.45, 2.75) is 118 Å². The SMILES string of the molecule is C=CC[C@]1(O)CC[C@]2(C)[C@H]3CC[C@@H]4[C@H]5[C@H](C(=C)C)CC[C@]5(C(=O)O)CC[C@@]4(C)[C@]3(C)CC[C@H]2C1(C)C.O. The van der Waals surface area contributed by atoms with Gasteiger partial charge in [0.05, 0.1) is 11.0 Å². The second kappa shape index (κ2) is 8.68. The van der Waals surface area contributed by atoms with E-state index in [1.54, 1.807) is 0 Å². The summed E-state index contributed by atoms with van der Waals surface area (Å²) >= 11 is 0. The van der Waals surface area contributed by atoms with Crippen molar-refractivity contribution < 1.29 is 20.5 Å². The van der Waals surface area contributed by atoms with Crippen LogP contribution in [0.4, 0.5) is 0 Å². The number of allylic oxidation sites excluding steroid dienone is 1. The lowest BCUT2D eigenvalue weighted by Gasteiger charge is -2.73. The van der Waals surface area contributed by atoms with Gasteiger partial charge in [-0.25, -0.2) is 0 Å². The second-order valence-corrected chi connectivity index (χ2v) is 15.4. The number of aliphatic carboxylic acids is 1. The fourth-order valence-electron chi connectivity index (χ4n) is 12.1. The topological polar surface area (TPSA) is 89.0 Å². The molecule has 0 saturated heterocycles. The van der Waals surface area contributed by atoms with E-state index in [-0.39, 0.29) is 33.1 Å². The molecule has 0 radical (unpaired) electrons. The third-order valence-corrected chi connectivity index (χ3v) is 14.4. The first-order valence-corrected chi connectivity index (χ1v) is 14.9. The van der Waals surface area contributed by atoms with Crippen LogP contribution in [0, 0.1) is 56.7 Å². The summed E-state index contributed by atoms with van der Waals surface area (Å²) in [6.07, 6.45) is 12.9. The van der Waals surface area contributed by atoms with Crippen molar-refractivity contribution in [1.82, 2.24) is 0 Å². The smallest absolute Gasteiger partial charge is 0.309 e. The highest BCUT2D eigenvalue weighted by atomic mass is 16.4. The van der Waals surface area contributed by atoms with Crippen molar-refractivity contribution in [2.75, 3.05) is 0 Å². The molecule has 5 aliphatic carbocycles. The molecule has 5 rings (SSSR count). The molecule has 4 N–H and O–H groups in total. The van der Waals surface area contributed by atoms with Gasteiger partial charge in [0.15, 0.2) is 0 Å². The van der Waals surface area contributed by atoms with E-state index in [0.717, 1.165) is 51.4 Å². The minimum Gasteiger partial charge on any atom is -0.481 e. The number of aliphatic hydroxyl groups is 1. The van der Waals surface area contributed by atoms with Gasteiger partial charge in [-0.15, -0.1) is 6.58 Å². The van der Waals surface area contributed by atoms with Crippen LogP contribution in [-0.4, -0.2) is 27.3 Å². The molecule has 10 atom stereocenters. The van der Waals surface area contributed by atoms with E-state index < -0.39 is 17.0 Å². The van der Waals surface area contributed by atoms with Crippen molar-refractivity contribution in [3.05, 3.63) is 24.8 Å². The Kier molecular flexibility index (Phi) is 6.78. The molecular weight excluding hydrogens is 460 g/mol. The van der Waals surface area contributed by atoms with E-state index in [1.807, 2.05) is 6.08 Å². The summed E-state index contributed by atoms with van der Waals surface area (Å²) in [6, 6.07) is 0. The second-order valence-electron chi connectivity index (χ2n) is 15.4. The summed E-state index contributed by atoms with van der Waals surface area (Å²) < 4.78 is 0. The quantitative estimate of drug-likeness (QED) is 0.388. The van der Waals surface area contributed by atoms with Crippen LogP contribution in [0.25, 0.3) is 0 Å². The van der Waals surface area contributed by atoms with Gasteiger partial charge in [0.25, 0.3) is 0 Å². The van der Waals surface area contributed by atoms with E-state index >= 15 is 0 Å². The van der Waals surface area contributed by atoms with Crippen molar-refractivity contribution in [3.8, 4) is 0 Å². The number of carbonyl (C=O) groups is 1. The molecule has 0 aromatic rings. The van der Waals surface area contributed by atoms with Crippen LogP contribution in [0.15, 0.2) is 24.8 Å². The predicted molar refractivity (Wildman–Crippen MR) is 150 cm³/mol. The number of hydrogen-bond acceptors (Lipinski definition) is 2. The van der Waals surface area contributed by atoms with Crippen LogP contribution in [0.3, 0.4) is 0 Å². The van der Waals surface area contributed by atoms with Crippen LogP contribution in [0.5, 0.6) is 0 Å². The lowest BCUT2D eigenvalue weighted by molar-refractivity contribution is -0.264. The monoisotopic (exact) mass is 514 g/mol. The van der Waals surface area contributed by atoms with Gasteiger partial charge in [-0.1, -0.05) is 52.8 Å². The first-order valence-electron chi connectivity index (χ1n) is 14.9. The minimum absolute atomic E-state index is 0. The summed E-state index contributed by atoms with van der Waals surface area (Å²) in [7, 11) is 0. The molecule has 0 heterocycles. The highest BCUT2D eigenvalue weighted by Crippen LogP contribution is 2.78. The average Bonchev–Trinajstić information content (AvgIpc) is 3.19. The summed E-state index contributed by atoms with van der Waals surface area (Å²) in [5.41, 5.74) is 0.413. The highest BCUT2D eigenvalue weighted by molar-refractivity contribution is 5.76. The minimum atomic E-state index is -0.668. The largest absolute Gasteiger partial charge is 0.481 e. The molecule has 4 nitrogen and oxygen atoms in total. The van der Waals surface area contributed by atoms with Crippen LogP contribution in [0.2, 0.25) is 0 Å². The van der Waals surface area contributed by atoms with E-state index in [1.165, 1.54) is 18.4 Å². The molecular formula is C33H54O4. The summed E-state index contributed by atoms with van der Waals surface area (Å²) in [5, 5.41) is 22.3. The molecule has 0 aromatic heterocycles. The Labute approximate surface area is 225 Å². The third kappa shape index (κ3) is 3.36. The van der Waals surface area contributed by atoms with Gasteiger partial charge in [-0.05, 0) is 129 Å². The van der Waals surface area contributed by atoms with Gasteiger partial charge in [0.1, 0.15) is 0 Å². The maximum Gasteiger partial charge on any atom is 0.309 e. The number of carboxylic acid groups (broad SMARTS) is 1. The average molecular weight is 515 g/mol. The Morgan fingerprint density at radius 2 is 1.57 bits per heavy atom. The maximum absolute atomic E-state index is 12.8. The molecule has 5 saturated carbocycles. The zero-order valence-corrected chi connectivity index (χ0v) is 24.5. The zero-order chi connectivity index (χ0) is 26.5. The Hall–Kier alpha value is -1.13. The molecule has 0 aromatic carbocycles. The molecule has 5 fully saturated rings. The molecule has 210 valence electrons. The molecule has 0 bridgehead atoms. The molecule has 0 spiro atoms. The zero-order valence-electron chi connectivity index (χ0n) is 24.5. The van der Waals surface area contributed by atoms with E-state index in [9.17, 15) is 15.0 Å². The Morgan fingerprint density at radius 1 is 0.892 bits per heavy atom. The van der Waals surface area contributed by atoms with E-state index in [2.05, 4.69) is 54.7 Å². The highest BCUT2D eigenvalue weighted by Gasteiger charge is 2.72. The molecule has 0 amide bonds. The van der Waals surface area contributed by atoms with Gasteiger partial charge in [-0.2, -0.15) is 0 Å². The van der Waals surface area contributed by atoms with E-state index in [0.29, 0.717) is 30.1 Å². The van der Waals surface area contributed by atoms with Crippen molar-refractivity contribution in [2.24, 2.45) is 56.7 Å². The van der Waals surface area contributed by atoms with Gasteiger partial charge < -0.3 is 15.7 Å². The molecule has 5 aliphatic rings. The normalized spacial score (nSPS) is 51.9. The number of fused-ring (bicyclic) bond motifs is 7. The van der Waals surface area contributed by atoms with Crippen molar-refractivity contribution in [3.63, 3.8) is 0 Å². The number of hydrogen-bond donors (Lipinski definition) is 2. The van der Waals surface area contributed by atoms with E-state index in [4.69, 9.17) is 0 Å². The lowest BCUT2D eigenvalue weighted by atomic mass is 9.31. The molecule has 37 heavy (non-hydrogen) atoms. The van der Waals surface area contributed by atoms with Crippen molar-refractivity contribution in [1.29, 1.82) is 0 Å².